The molecule has 1 heterocycles. The molecule has 84 valence electrons. The molecule has 1 atom stereocenters. The zero-order chi connectivity index (χ0) is 11.7. The molecule has 0 radical (unpaired) electrons. The van der Waals surface area contributed by atoms with Gasteiger partial charge in [-0.25, -0.2) is 0 Å². The molecule has 0 aliphatic carbocycles. The summed E-state index contributed by atoms with van der Waals surface area (Å²) in [6.45, 7) is 0. The van der Waals surface area contributed by atoms with Gasteiger partial charge in [0.2, 0.25) is 0 Å². The van der Waals surface area contributed by atoms with Gasteiger partial charge in [-0.15, -0.1) is 0 Å². The van der Waals surface area contributed by atoms with E-state index in [0.29, 0.717) is 0 Å². The smallest absolute Gasteiger partial charge is 0.0946 e. The van der Waals surface area contributed by atoms with Gasteiger partial charge in [0, 0.05) is 10.6 Å². The number of hydrazone groups is 1. The van der Waals surface area contributed by atoms with Crippen LogP contribution in [0.25, 0.3) is 0 Å². The minimum absolute atomic E-state index is 0.105. The Balaban J connectivity index is 2.05. The first-order chi connectivity index (χ1) is 8.34. The molecule has 0 fully saturated rings. The van der Waals surface area contributed by atoms with Crippen molar-refractivity contribution in [2.24, 2.45) is 5.10 Å². The minimum atomic E-state index is 0.105. The van der Waals surface area contributed by atoms with Gasteiger partial charge in [0.25, 0.3) is 0 Å². The van der Waals surface area contributed by atoms with E-state index in [4.69, 9.17) is 11.6 Å². The molecule has 1 N–H and O–H groups in total. The molecular weight excluding hydrogens is 232 g/mol. The summed E-state index contributed by atoms with van der Waals surface area (Å²) in [4.78, 5) is 0. The molecule has 0 spiro atoms. The van der Waals surface area contributed by atoms with Crippen LogP contribution in [0.2, 0.25) is 5.02 Å². The van der Waals surface area contributed by atoms with Crippen LogP contribution in [-0.2, 0) is 0 Å². The number of hydrogen-bond acceptors (Lipinski definition) is 2. The monoisotopic (exact) mass is 242 g/mol. The van der Waals surface area contributed by atoms with E-state index in [1.54, 1.807) is 0 Å². The van der Waals surface area contributed by atoms with Crippen LogP contribution in [0.15, 0.2) is 53.6 Å². The van der Waals surface area contributed by atoms with Gasteiger partial charge in [-0.2, -0.15) is 5.10 Å². The molecule has 2 nitrogen and oxygen atoms in total. The largest absolute Gasteiger partial charge is 0.298 e. The van der Waals surface area contributed by atoms with E-state index in [0.717, 1.165) is 10.6 Å². The van der Waals surface area contributed by atoms with E-state index in [1.807, 2.05) is 42.6 Å². The van der Waals surface area contributed by atoms with E-state index in [1.165, 1.54) is 11.1 Å². The van der Waals surface area contributed by atoms with Crippen molar-refractivity contribution in [1.29, 1.82) is 0 Å². The number of fused-ring (bicyclic) bond motifs is 1. The predicted octanol–water partition coefficient (Wildman–Crippen LogP) is 3.37. The third kappa shape index (κ3) is 1.92. The first-order valence-corrected chi connectivity index (χ1v) is 5.85. The van der Waals surface area contributed by atoms with Gasteiger partial charge < -0.3 is 0 Å². The first-order valence-electron chi connectivity index (χ1n) is 5.47. The van der Waals surface area contributed by atoms with Crippen molar-refractivity contribution >= 4 is 17.8 Å². The van der Waals surface area contributed by atoms with Gasteiger partial charge >= 0.3 is 0 Å². The summed E-state index contributed by atoms with van der Waals surface area (Å²) < 4.78 is 0. The molecule has 1 aliphatic heterocycles. The Morgan fingerprint density at radius 2 is 1.76 bits per heavy atom. The summed E-state index contributed by atoms with van der Waals surface area (Å²) in [7, 11) is 0. The molecule has 3 heteroatoms. The predicted molar refractivity (Wildman–Crippen MR) is 70.5 cm³/mol. The van der Waals surface area contributed by atoms with Crippen LogP contribution in [0, 0.1) is 0 Å². The van der Waals surface area contributed by atoms with Gasteiger partial charge in [0.15, 0.2) is 0 Å². The molecule has 0 saturated heterocycles. The van der Waals surface area contributed by atoms with Crippen molar-refractivity contribution in [3.8, 4) is 0 Å². The number of nitrogens with zero attached hydrogens (tertiary/aromatic N) is 1. The van der Waals surface area contributed by atoms with Crippen LogP contribution in [0.1, 0.15) is 22.7 Å². The topological polar surface area (TPSA) is 24.4 Å². The number of benzene rings is 2. The van der Waals surface area contributed by atoms with Crippen molar-refractivity contribution in [3.63, 3.8) is 0 Å². The highest BCUT2D eigenvalue weighted by Crippen LogP contribution is 2.27. The summed E-state index contributed by atoms with van der Waals surface area (Å²) in [5, 5.41) is 4.94. The number of hydrogen-bond donors (Lipinski definition) is 1. The first kappa shape index (κ1) is 10.4. The number of halogens is 1. The standard InChI is InChI=1S/C14H11ClN2/c15-12-7-5-10(6-8-12)14-13-4-2-1-3-11(13)9-16-17-14/h1-9,14,17H/t14-/m0/s1. The third-order valence-corrected chi connectivity index (χ3v) is 3.17. The Kier molecular flexibility index (Phi) is 2.57. The Bertz CT molecular complexity index is 561. The molecule has 0 unspecified atom stereocenters. The summed E-state index contributed by atoms with van der Waals surface area (Å²) in [6.07, 6.45) is 1.85. The second kappa shape index (κ2) is 4.22. The summed E-state index contributed by atoms with van der Waals surface area (Å²) >= 11 is 5.90. The maximum Gasteiger partial charge on any atom is 0.0946 e. The Morgan fingerprint density at radius 1 is 1.00 bits per heavy atom. The average molecular weight is 243 g/mol. The molecule has 0 saturated carbocycles. The van der Waals surface area contributed by atoms with Crippen molar-refractivity contribution in [3.05, 3.63) is 70.2 Å². The third-order valence-electron chi connectivity index (χ3n) is 2.92. The van der Waals surface area contributed by atoms with Gasteiger partial charge in [-0.05, 0) is 23.3 Å². The lowest BCUT2D eigenvalue weighted by Gasteiger charge is -2.22. The number of nitrogens with one attached hydrogen (secondary N) is 1. The lowest BCUT2D eigenvalue weighted by molar-refractivity contribution is 0.632. The van der Waals surface area contributed by atoms with E-state index in [2.05, 4.69) is 22.7 Å². The molecule has 0 amide bonds. The van der Waals surface area contributed by atoms with Gasteiger partial charge in [0.05, 0.1) is 12.3 Å². The molecule has 2 aromatic rings. The van der Waals surface area contributed by atoms with Crippen LogP contribution in [0.3, 0.4) is 0 Å². The number of rotatable bonds is 1. The van der Waals surface area contributed by atoms with Crippen LogP contribution in [0.4, 0.5) is 0 Å². The highest BCUT2D eigenvalue weighted by molar-refractivity contribution is 6.30. The average Bonchev–Trinajstić information content (AvgIpc) is 2.39. The highest BCUT2D eigenvalue weighted by atomic mass is 35.5. The van der Waals surface area contributed by atoms with Gasteiger partial charge in [0.1, 0.15) is 0 Å². The maximum absolute atomic E-state index is 5.90. The lowest BCUT2D eigenvalue weighted by atomic mass is 9.94. The molecule has 0 aromatic heterocycles. The van der Waals surface area contributed by atoms with Crippen molar-refractivity contribution < 1.29 is 0 Å². The van der Waals surface area contributed by atoms with Crippen molar-refractivity contribution in [2.45, 2.75) is 6.04 Å². The molecule has 2 aromatic carbocycles. The zero-order valence-corrected chi connectivity index (χ0v) is 9.85. The lowest BCUT2D eigenvalue weighted by Crippen LogP contribution is -2.22. The van der Waals surface area contributed by atoms with Gasteiger partial charge in [-0.3, -0.25) is 5.43 Å². The minimum Gasteiger partial charge on any atom is -0.298 e. The molecule has 0 bridgehead atoms. The fourth-order valence-electron chi connectivity index (χ4n) is 2.05. The van der Waals surface area contributed by atoms with E-state index in [9.17, 15) is 0 Å². The molecule has 17 heavy (non-hydrogen) atoms. The maximum atomic E-state index is 5.90. The van der Waals surface area contributed by atoms with E-state index in [-0.39, 0.29) is 6.04 Å². The summed E-state index contributed by atoms with van der Waals surface area (Å²) in [6, 6.07) is 16.2. The normalized spacial score (nSPS) is 17.4. The van der Waals surface area contributed by atoms with Crippen LogP contribution < -0.4 is 5.43 Å². The van der Waals surface area contributed by atoms with Crippen LogP contribution in [-0.4, -0.2) is 6.21 Å². The Morgan fingerprint density at radius 3 is 2.59 bits per heavy atom. The Labute approximate surface area is 105 Å². The second-order valence-electron chi connectivity index (χ2n) is 4.00. The van der Waals surface area contributed by atoms with Crippen molar-refractivity contribution in [1.82, 2.24) is 5.43 Å². The van der Waals surface area contributed by atoms with Crippen molar-refractivity contribution in [2.75, 3.05) is 0 Å². The molecule has 1 aliphatic rings. The quantitative estimate of drug-likeness (QED) is 0.815. The summed E-state index contributed by atoms with van der Waals surface area (Å²) in [5.74, 6) is 0. The molecular formula is C14H11ClN2. The fraction of sp³-hybridized carbons (Fsp3) is 0.0714. The van der Waals surface area contributed by atoms with Crippen LogP contribution >= 0.6 is 11.6 Å². The highest BCUT2D eigenvalue weighted by Gasteiger charge is 2.18. The second-order valence-corrected chi connectivity index (χ2v) is 4.44. The fourth-order valence-corrected chi connectivity index (χ4v) is 2.18. The van der Waals surface area contributed by atoms with E-state index >= 15 is 0 Å². The SMILES string of the molecule is Clc1ccc([C@@H]2NN=Cc3ccccc32)cc1. The van der Waals surface area contributed by atoms with E-state index < -0.39 is 0 Å². The molecule has 3 rings (SSSR count). The van der Waals surface area contributed by atoms with Gasteiger partial charge in [-0.1, -0.05) is 48.0 Å². The Hall–Kier alpha value is -1.80. The van der Waals surface area contributed by atoms with Crippen LogP contribution in [0.5, 0.6) is 0 Å². The summed E-state index contributed by atoms with van der Waals surface area (Å²) in [5.41, 5.74) is 6.70. The zero-order valence-electron chi connectivity index (χ0n) is 9.10.